The number of hydrogen-bond donors (Lipinski definition) is 0. The van der Waals surface area contributed by atoms with Crippen molar-refractivity contribution < 1.29 is 19.1 Å². The fourth-order valence-corrected chi connectivity index (χ4v) is 2.75. The van der Waals surface area contributed by atoms with Gasteiger partial charge in [-0.1, -0.05) is 46.3 Å². The van der Waals surface area contributed by atoms with Gasteiger partial charge in [0.25, 0.3) is 5.91 Å². The van der Waals surface area contributed by atoms with Crippen LogP contribution in [-0.4, -0.2) is 36.5 Å². The monoisotopic (exact) mass is 433 g/mol. The van der Waals surface area contributed by atoms with E-state index in [0.717, 1.165) is 15.6 Å². The molecule has 5 nitrogen and oxygen atoms in total. The van der Waals surface area contributed by atoms with Crippen LogP contribution >= 0.6 is 15.9 Å². The highest BCUT2D eigenvalue weighted by molar-refractivity contribution is 9.10. The second kappa shape index (κ2) is 10.7. The summed E-state index contributed by atoms with van der Waals surface area (Å²) in [6, 6.07) is 15.2. The molecular formula is C21H24BrNO4. The molecule has 27 heavy (non-hydrogen) atoms. The number of rotatable bonds is 9. The zero-order valence-electron chi connectivity index (χ0n) is 15.6. The fraction of sp³-hybridized carbons (Fsp3) is 0.333. The number of halogens is 1. The molecule has 0 radical (unpaired) electrons. The Balaban J connectivity index is 2.00. The van der Waals surface area contributed by atoms with Crippen molar-refractivity contribution in [3.63, 3.8) is 0 Å². The van der Waals surface area contributed by atoms with Gasteiger partial charge in [0.2, 0.25) is 0 Å². The van der Waals surface area contributed by atoms with Crippen molar-refractivity contribution in [1.29, 1.82) is 0 Å². The Hall–Kier alpha value is -2.34. The molecule has 0 heterocycles. The van der Waals surface area contributed by atoms with Gasteiger partial charge in [0.05, 0.1) is 13.0 Å². The predicted molar refractivity (Wildman–Crippen MR) is 107 cm³/mol. The maximum Gasteiger partial charge on any atom is 0.307 e. The lowest BCUT2D eigenvalue weighted by molar-refractivity contribution is -0.144. The van der Waals surface area contributed by atoms with Crippen LogP contribution in [0.25, 0.3) is 0 Å². The van der Waals surface area contributed by atoms with Crippen LogP contribution in [0.1, 0.15) is 24.5 Å². The highest BCUT2D eigenvalue weighted by Crippen LogP contribution is 2.21. The maximum atomic E-state index is 12.7. The highest BCUT2D eigenvalue weighted by atomic mass is 79.9. The van der Waals surface area contributed by atoms with E-state index in [0.29, 0.717) is 18.9 Å². The average Bonchev–Trinajstić information content (AvgIpc) is 2.67. The van der Waals surface area contributed by atoms with Crippen LogP contribution < -0.4 is 4.74 Å². The van der Waals surface area contributed by atoms with Crippen molar-refractivity contribution in [2.24, 2.45) is 0 Å². The van der Waals surface area contributed by atoms with Gasteiger partial charge in [-0.3, -0.25) is 9.59 Å². The number of amides is 1. The van der Waals surface area contributed by atoms with Gasteiger partial charge in [0.1, 0.15) is 5.75 Å². The van der Waals surface area contributed by atoms with Crippen molar-refractivity contribution >= 4 is 27.8 Å². The number of benzene rings is 2. The van der Waals surface area contributed by atoms with Crippen LogP contribution in [0.3, 0.4) is 0 Å². The van der Waals surface area contributed by atoms with Crippen LogP contribution in [0.5, 0.6) is 5.75 Å². The molecule has 2 aromatic rings. The summed E-state index contributed by atoms with van der Waals surface area (Å²) in [6.07, 6.45) is 0.157. The van der Waals surface area contributed by atoms with Gasteiger partial charge < -0.3 is 14.4 Å². The highest BCUT2D eigenvalue weighted by Gasteiger charge is 2.17. The first-order valence-corrected chi connectivity index (χ1v) is 9.65. The first-order chi connectivity index (χ1) is 13.0. The lowest BCUT2D eigenvalue weighted by Gasteiger charge is -2.22. The van der Waals surface area contributed by atoms with E-state index in [1.165, 1.54) is 0 Å². The summed E-state index contributed by atoms with van der Waals surface area (Å²) >= 11 is 3.44. The van der Waals surface area contributed by atoms with Crippen molar-refractivity contribution in [1.82, 2.24) is 4.90 Å². The molecule has 6 heteroatoms. The largest absolute Gasteiger partial charge is 0.484 e. The minimum Gasteiger partial charge on any atom is -0.484 e. The third kappa shape index (κ3) is 7.06. The van der Waals surface area contributed by atoms with E-state index in [1.54, 1.807) is 11.8 Å². The molecule has 0 fully saturated rings. The second-order valence-electron chi connectivity index (χ2n) is 6.06. The third-order valence-corrected chi connectivity index (χ3v) is 4.84. The zero-order valence-corrected chi connectivity index (χ0v) is 17.2. The van der Waals surface area contributed by atoms with E-state index in [1.807, 2.05) is 55.5 Å². The lowest BCUT2D eigenvalue weighted by Crippen LogP contribution is -2.36. The number of carbonyl (C=O) groups is 2. The van der Waals surface area contributed by atoms with Crippen molar-refractivity contribution in [2.75, 3.05) is 19.8 Å². The normalized spacial score (nSPS) is 10.3. The van der Waals surface area contributed by atoms with Crippen LogP contribution in [0.2, 0.25) is 0 Å². The quantitative estimate of drug-likeness (QED) is 0.558. The molecule has 144 valence electrons. The van der Waals surface area contributed by atoms with E-state index in [2.05, 4.69) is 15.9 Å². The molecule has 2 rings (SSSR count). The Morgan fingerprint density at radius 2 is 1.85 bits per heavy atom. The smallest absolute Gasteiger partial charge is 0.307 e. The number of ether oxygens (including phenoxy) is 2. The minimum atomic E-state index is -0.312. The Morgan fingerprint density at radius 3 is 2.52 bits per heavy atom. The zero-order chi connectivity index (χ0) is 19.6. The van der Waals surface area contributed by atoms with E-state index in [-0.39, 0.29) is 31.4 Å². The molecule has 0 aliphatic rings. The molecule has 0 atom stereocenters. The SMILES string of the molecule is CCOC(=O)CCN(Cc1ccccc1)C(=O)COc1ccc(Br)c(C)c1. The molecule has 1 amide bonds. The Labute approximate surface area is 168 Å². The van der Waals surface area contributed by atoms with Crippen molar-refractivity contribution in [3.8, 4) is 5.75 Å². The first kappa shape index (κ1) is 21.0. The van der Waals surface area contributed by atoms with E-state index in [4.69, 9.17) is 9.47 Å². The van der Waals surface area contributed by atoms with Crippen molar-refractivity contribution in [2.45, 2.75) is 26.8 Å². The molecule has 0 saturated carbocycles. The van der Waals surface area contributed by atoms with E-state index in [9.17, 15) is 9.59 Å². The van der Waals surface area contributed by atoms with Gasteiger partial charge >= 0.3 is 5.97 Å². The maximum absolute atomic E-state index is 12.7. The van der Waals surface area contributed by atoms with Gasteiger partial charge in [-0.05, 0) is 43.2 Å². The topological polar surface area (TPSA) is 55.8 Å². The molecule has 0 aromatic heterocycles. The standard InChI is InChI=1S/C21H24BrNO4/c1-3-26-21(25)11-12-23(14-17-7-5-4-6-8-17)20(24)15-27-18-9-10-19(22)16(2)13-18/h4-10,13H,3,11-12,14-15H2,1-2H3. The number of hydrogen-bond acceptors (Lipinski definition) is 4. The summed E-state index contributed by atoms with van der Waals surface area (Å²) in [4.78, 5) is 26.0. The summed E-state index contributed by atoms with van der Waals surface area (Å²) in [5, 5.41) is 0. The second-order valence-corrected chi connectivity index (χ2v) is 6.91. The van der Waals surface area contributed by atoms with E-state index < -0.39 is 0 Å². The molecule has 0 spiro atoms. The number of aryl methyl sites for hydroxylation is 1. The minimum absolute atomic E-state index is 0.0866. The van der Waals surface area contributed by atoms with Crippen LogP contribution in [0, 0.1) is 6.92 Å². The van der Waals surface area contributed by atoms with Gasteiger partial charge in [-0.15, -0.1) is 0 Å². The van der Waals surface area contributed by atoms with Crippen LogP contribution in [-0.2, 0) is 20.9 Å². The molecule has 0 saturated heterocycles. The Bertz CT molecular complexity index is 764. The van der Waals surface area contributed by atoms with Crippen LogP contribution in [0.15, 0.2) is 53.0 Å². The van der Waals surface area contributed by atoms with Gasteiger partial charge in [-0.2, -0.15) is 0 Å². The van der Waals surface area contributed by atoms with Crippen molar-refractivity contribution in [3.05, 3.63) is 64.1 Å². The third-order valence-electron chi connectivity index (χ3n) is 3.95. The Morgan fingerprint density at radius 1 is 1.11 bits per heavy atom. The number of nitrogens with zero attached hydrogens (tertiary/aromatic N) is 1. The summed E-state index contributed by atoms with van der Waals surface area (Å²) in [5.41, 5.74) is 2.03. The predicted octanol–water partition coefficient (Wildman–Crippen LogP) is 4.12. The molecule has 0 aliphatic carbocycles. The number of carbonyl (C=O) groups excluding carboxylic acids is 2. The van der Waals surface area contributed by atoms with E-state index >= 15 is 0 Å². The van der Waals surface area contributed by atoms with Crippen LogP contribution in [0.4, 0.5) is 0 Å². The van der Waals surface area contributed by atoms with Gasteiger partial charge in [-0.25, -0.2) is 0 Å². The molecule has 0 N–H and O–H groups in total. The van der Waals surface area contributed by atoms with Gasteiger partial charge in [0.15, 0.2) is 6.61 Å². The summed E-state index contributed by atoms with van der Waals surface area (Å²) in [7, 11) is 0. The molecule has 2 aromatic carbocycles. The molecule has 0 aliphatic heterocycles. The fourth-order valence-electron chi connectivity index (χ4n) is 2.50. The number of esters is 1. The molecule has 0 unspecified atom stereocenters. The first-order valence-electron chi connectivity index (χ1n) is 8.86. The summed E-state index contributed by atoms with van der Waals surface area (Å²) < 4.78 is 11.6. The van der Waals surface area contributed by atoms with Gasteiger partial charge in [0, 0.05) is 17.6 Å². The molecule has 0 bridgehead atoms. The summed E-state index contributed by atoms with van der Waals surface area (Å²) in [6.45, 7) is 4.67. The summed E-state index contributed by atoms with van der Waals surface area (Å²) in [5.74, 6) is 0.144. The molecular weight excluding hydrogens is 410 g/mol. The average molecular weight is 434 g/mol. The Kier molecular flexibility index (Phi) is 8.33. The lowest BCUT2D eigenvalue weighted by atomic mass is 10.2.